The molecule has 1 heterocycles. The van der Waals surface area contributed by atoms with Gasteiger partial charge in [0.1, 0.15) is 5.75 Å². The highest BCUT2D eigenvalue weighted by Gasteiger charge is 2.20. The van der Waals surface area contributed by atoms with Gasteiger partial charge in [-0.2, -0.15) is 0 Å². The molecule has 0 saturated heterocycles. The van der Waals surface area contributed by atoms with Crippen molar-refractivity contribution in [1.82, 2.24) is 10.6 Å². The molecule has 1 unspecified atom stereocenters. The molecule has 5 nitrogen and oxygen atoms in total. The molecular formula is C15H24IN3O2. The van der Waals surface area contributed by atoms with Gasteiger partial charge >= 0.3 is 0 Å². The van der Waals surface area contributed by atoms with Gasteiger partial charge in [0.15, 0.2) is 5.96 Å². The average Bonchev–Trinajstić information content (AvgIpc) is 2.50. The predicted molar refractivity (Wildman–Crippen MR) is 96.0 cm³/mol. The molecule has 1 aliphatic heterocycles. The van der Waals surface area contributed by atoms with Crippen molar-refractivity contribution in [3.05, 3.63) is 29.8 Å². The second-order valence-electron chi connectivity index (χ2n) is 4.74. The van der Waals surface area contributed by atoms with Gasteiger partial charge in [-0.1, -0.05) is 18.2 Å². The Morgan fingerprint density at radius 1 is 1.38 bits per heavy atom. The van der Waals surface area contributed by atoms with Crippen molar-refractivity contribution in [2.45, 2.75) is 12.3 Å². The number of hydrogen-bond acceptors (Lipinski definition) is 3. The zero-order valence-electron chi connectivity index (χ0n) is 12.6. The van der Waals surface area contributed by atoms with Crippen LogP contribution in [0.15, 0.2) is 29.3 Å². The maximum Gasteiger partial charge on any atom is 0.191 e. The summed E-state index contributed by atoms with van der Waals surface area (Å²) < 4.78 is 10.7. The molecule has 2 N–H and O–H groups in total. The zero-order valence-corrected chi connectivity index (χ0v) is 14.9. The van der Waals surface area contributed by atoms with Gasteiger partial charge in [0.25, 0.3) is 0 Å². The molecule has 1 aromatic carbocycles. The number of benzene rings is 1. The van der Waals surface area contributed by atoms with E-state index in [2.05, 4.69) is 27.8 Å². The number of fused-ring (bicyclic) bond motifs is 1. The van der Waals surface area contributed by atoms with Crippen LogP contribution >= 0.6 is 24.0 Å². The molecule has 0 aliphatic carbocycles. The first-order valence-electron chi connectivity index (χ1n) is 7.00. The highest BCUT2D eigenvalue weighted by atomic mass is 127. The van der Waals surface area contributed by atoms with Gasteiger partial charge in [-0.15, -0.1) is 24.0 Å². The third kappa shape index (κ3) is 5.35. The zero-order chi connectivity index (χ0) is 14.2. The summed E-state index contributed by atoms with van der Waals surface area (Å²) in [6.45, 7) is 3.05. The second-order valence-corrected chi connectivity index (χ2v) is 4.74. The van der Waals surface area contributed by atoms with Crippen molar-refractivity contribution in [3.8, 4) is 5.75 Å². The minimum atomic E-state index is 0. The van der Waals surface area contributed by atoms with E-state index in [1.54, 1.807) is 14.2 Å². The molecule has 0 bridgehead atoms. The number of guanidine groups is 1. The van der Waals surface area contributed by atoms with Gasteiger partial charge in [-0.25, -0.2) is 0 Å². The topological polar surface area (TPSA) is 54.9 Å². The first-order chi connectivity index (χ1) is 9.85. The summed E-state index contributed by atoms with van der Waals surface area (Å²) in [6.07, 6.45) is 1.03. The summed E-state index contributed by atoms with van der Waals surface area (Å²) in [5.41, 5.74) is 1.28. The molecule has 0 aromatic heterocycles. The minimum Gasteiger partial charge on any atom is -0.493 e. The molecule has 0 fully saturated rings. The van der Waals surface area contributed by atoms with Crippen LogP contribution in [0.3, 0.4) is 0 Å². The SMILES string of the molecule is CN=C(NCCOC)NCC1CCOc2ccccc21.I. The van der Waals surface area contributed by atoms with Crippen LogP contribution in [0.5, 0.6) is 5.75 Å². The van der Waals surface area contributed by atoms with Crippen LogP contribution in [0.4, 0.5) is 0 Å². The van der Waals surface area contributed by atoms with Gasteiger partial charge in [0.05, 0.1) is 13.2 Å². The van der Waals surface area contributed by atoms with Crippen LogP contribution in [0.2, 0.25) is 0 Å². The highest BCUT2D eigenvalue weighted by Crippen LogP contribution is 2.32. The van der Waals surface area contributed by atoms with E-state index in [0.717, 1.165) is 37.8 Å². The molecule has 118 valence electrons. The molecule has 0 saturated carbocycles. The first-order valence-corrected chi connectivity index (χ1v) is 7.00. The molecule has 1 atom stereocenters. The van der Waals surface area contributed by atoms with Crippen LogP contribution in [-0.4, -0.2) is 46.4 Å². The Morgan fingerprint density at radius 3 is 2.95 bits per heavy atom. The van der Waals surface area contributed by atoms with E-state index in [1.807, 2.05) is 12.1 Å². The fraction of sp³-hybridized carbons (Fsp3) is 0.533. The molecule has 2 rings (SSSR count). The Bertz CT molecular complexity index is 454. The number of aliphatic imine (C=N–C) groups is 1. The van der Waals surface area contributed by atoms with Gasteiger partial charge in [0, 0.05) is 33.2 Å². The fourth-order valence-corrected chi connectivity index (χ4v) is 2.34. The summed E-state index contributed by atoms with van der Waals surface area (Å²) in [5.74, 6) is 2.28. The number of nitrogens with one attached hydrogen (secondary N) is 2. The molecule has 1 aromatic rings. The number of ether oxygens (including phenoxy) is 2. The van der Waals surface area contributed by atoms with Crippen LogP contribution in [0.1, 0.15) is 17.9 Å². The summed E-state index contributed by atoms with van der Waals surface area (Å²) in [7, 11) is 3.47. The molecular weight excluding hydrogens is 381 g/mol. The molecule has 6 heteroatoms. The number of rotatable bonds is 5. The summed E-state index contributed by atoms with van der Waals surface area (Å²) in [6, 6.07) is 8.25. The number of halogens is 1. The normalized spacial score (nSPS) is 17.2. The van der Waals surface area contributed by atoms with E-state index >= 15 is 0 Å². The number of nitrogens with zero attached hydrogens (tertiary/aromatic N) is 1. The molecule has 21 heavy (non-hydrogen) atoms. The second kappa shape index (κ2) is 9.83. The van der Waals surface area contributed by atoms with E-state index in [9.17, 15) is 0 Å². The van der Waals surface area contributed by atoms with Crippen LogP contribution in [-0.2, 0) is 4.74 Å². The van der Waals surface area contributed by atoms with Crippen molar-refractivity contribution in [2.75, 3.05) is 40.5 Å². The Balaban J connectivity index is 0.00000220. The fourth-order valence-electron chi connectivity index (χ4n) is 2.34. The number of para-hydroxylation sites is 1. The molecule has 0 amide bonds. The summed E-state index contributed by atoms with van der Waals surface area (Å²) >= 11 is 0. The maximum absolute atomic E-state index is 5.68. The van der Waals surface area contributed by atoms with Crippen molar-refractivity contribution in [3.63, 3.8) is 0 Å². The lowest BCUT2D eigenvalue weighted by molar-refractivity contribution is 0.203. The predicted octanol–water partition coefficient (Wildman–Crippen LogP) is 1.98. The van der Waals surface area contributed by atoms with E-state index < -0.39 is 0 Å². The van der Waals surface area contributed by atoms with Gasteiger partial charge in [-0.05, 0) is 18.1 Å². The monoisotopic (exact) mass is 405 g/mol. The quantitative estimate of drug-likeness (QED) is 0.341. The van der Waals surface area contributed by atoms with Gasteiger partial charge in [-0.3, -0.25) is 4.99 Å². The number of methoxy groups -OCH3 is 1. The van der Waals surface area contributed by atoms with Crippen LogP contribution in [0, 0.1) is 0 Å². The van der Waals surface area contributed by atoms with E-state index in [-0.39, 0.29) is 24.0 Å². The Hall–Kier alpha value is -1.02. The summed E-state index contributed by atoms with van der Waals surface area (Å²) in [4.78, 5) is 4.21. The lowest BCUT2D eigenvalue weighted by Crippen LogP contribution is -2.41. The highest BCUT2D eigenvalue weighted by molar-refractivity contribution is 14.0. The minimum absolute atomic E-state index is 0. The van der Waals surface area contributed by atoms with Crippen molar-refractivity contribution >= 4 is 29.9 Å². The summed E-state index contributed by atoms with van der Waals surface area (Å²) in [5, 5.41) is 6.58. The standard InChI is InChI=1S/C15H23N3O2.HI/c1-16-15(17-8-10-19-2)18-11-12-7-9-20-14-6-4-3-5-13(12)14;/h3-6,12H,7-11H2,1-2H3,(H2,16,17,18);1H. The Morgan fingerprint density at radius 2 is 2.19 bits per heavy atom. The van der Waals surface area contributed by atoms with E-state index in [0.29, 0.717) is 12.5 Å². The first kappa shape index (κ1) is 18.0. The third-order valence-corrected chi connectivity index (χ3v) is 3.42. The lowest BCUT2D eigenvalue weighted by atomic mass is 9.93. The van der Waals surface area contributed by atoms with E-state index in [4.69, 9.17) is 9.47 Å². The molecule has 0 radical (unpaired) electrons. The van der Waals surface area contributed by atoms with Crippen LogP contribution in [0.25, 0.3) is 0 Å². The lowest BCUT2D eigenvalue weighted by Gasteiger charge is -2.26. The Kier molecular flexibility index (Phi) is 8.44. The molecule has 0 spiro atoms. The molecule has 1 aliphatic rings. The van der Waals surface area contributed by atoms with Crippen molar-refractivity contribution in [1.29, 1.82) is 0 Å². The van der Waals surface area contributed by atoms with Crippen LogP contribution < -0.4 is 15.4 Å². The Labute approximate surface area is 143 Å². The van der Waals surface area contributed by atoms with Crippen molar-refractivity contribution < 1.29 is 9.47 Å². The smallest absolute Gasteiger partial charge is 0.191 e. The van der Waals surface area contributed by atoms with Gasteiger partial charge in [0.2, 0.25) is 0 Å². The third-order valence-electron chi connectivity index (χ3n) is 3.42. The average molecular weight is 405 g/mol. The van der Waals surface area contributed by atoms with Gasteiger partial charge < -0.3 is 20.1 Å². The number of hydrogen-bond donors (Lipinski definition) is 2. The van der Waals surface area contributed by atoms with E-state index in [1.165, 1.54) is 5.56 Å². The largest absolute Gasteiger partial charge is 0.493 e. The van der Waals surface area contributed by atoms with Crippen molar-refractivity contribution in [2.24, 2.45) is 4.99 Å². The maximum atomic E-state index is 5.68.